The van der Waals surface area contributed by atoms with Gasteiger partial charge in [0.2, 0.25) is 11.8 Å². The van der Waals surface area contributed by atoms with Gasteiger partial charge in [0.15, 0.2) is 17.5 Å². The summed E-state index contributed by atoms with van der Waals surface area (Å²) in [6.45, 7) is 8.33. The van der Waals surface area contributed by atoms with Crippen LogP contribution in [-0.4, -0.2) is 74.9 Å². The summed E-state index contributed by atoms with van der Waals surface area (Å²) in [7, 11) is 3.98. The van der Waals surface area contributed by atoms with E-state index >= 15 is 8.78 Å². The minimum Gasteiger partial charge on any atom is -0.444 e. The van der Waals surface area contributed by atoms with Crippen molar-refractivity contribution in [1.29, 1.82) is 5.26 Å². The van der Waals surface area contributed by atoms with E-state index in [9.17, 15) is 10.1 Å². The van der Waals surface area contributed by atoms with Gasteiger partial charge in [-0.1, -0.05) is 5.16 Å². The van der Waals surface area contributed by atoms with Crippen molar-refractivity contribution in [3.8, 4) is 17.3 Å². The normalized spacial score (nSPS) is 14.7. The van der Waals surface area contributed by atoms with E-state index in [1.807, 2.05) is 19.0 Å². The number of hydrogen-bond donors (Lipinski definition) is 2. The lowest BCUT2D eigenvalue weighted by atomic mass is 9.93. The van der Waals surface area contributed by atoms with E-state index in [2.05, 4.69) is 36.7 Å². The molecule has 0 radical (unpaired) electrons. The number of aryl methyl sites for hydroxylation is 1. The van der Waals surface area contributed by atoms with E-state index < -0.39 is 23.3 Å². The number of anilines is 3. The lowest BCUT2D eigenvalue weighted by molar-refractivity contribution is 0.0636. The van der Waals surface area contributed by atoms with Crippen LogP contribution in [0.1, 0.15) is 49.2 Å². The Hall–Kier alpha value is -5.05. The number of likely N-dealkylation sites (N-methyl/N-ethyl adjacent to an activating group) is 1. The van der Waals surface area contributed by atoms with Crippen LogP contribution in [0.3, 0.4) is 0 Å². The Kier molecular flexibility index (Phi) is 8.04. The molecule has 0 saturated carbocycles. The molecule has 14 nitrogen and oxygen atoms in total. The van der Waals surface area contributed by atoms with Crippen LogP contribution in [0.2, 0.25) is 0 Å². The van der Waals surface area contributed by atoms with Gasteiger partial charge in [-0.2, -0.15) is 15.2 Å². The quantitative estimate of drug-likeness (QED) is 0.220. The van der Waals surface area contributed by atoms with Gasteiger partial charge in [-0.05, 0) is 46.0 Å². The van der Waals surface area contributed by atoms with Gasteiger partial charge in [-0.3, -0.25) is 10.3 Å². The molecule has 2 aliphatic rings. The average molecular weight is 691 g/mol. The summed E-state index contributed by atoms with van der Waals surface area (Å²) in [6.07, 6.45) is 0.157. The van der Waals surface area contributed by atoms with Gasteiger partial charge >= 0.3 is 6.09 Å². The number of rotatable bonds is 7. The number of hydrogen-bond acceptors (Lipinski definition) is 14. The smallest absolute Gasteiger partial charge is 0.412 e. The third-order valence-electron chi connectivity index (χ3n) is 8.28. The first kappa shape index (κ1) is 32.5. The van der Waals surface area contributed by atoms with Crippen LogP contribution in [0.4, 0.5) is 30.3 Å². The molecule has 17 heteroatoms. The average Bonchev–Trinajstić information content (AvgIpc) is 3.74. The predicted octanol–water partition coefficient (Wildman–Crippen LogP) is 5.49. The number of ether oxygens (including phenoxy) is 2. The fourth-order valence-electron chi connectivity index (χ4n) is 5.91. The van der Waals surface area contributed by atoms with Crippen molar-refractivity contribution < 1.29 is 27.6 Å². The standard InChI is InChI=1S/C32H32F2N10O4S/c1-14-38-20(42-48-14)9-37-28-23-18-13-46-12-17(18)21(24(34)26(23)39-30(40-28)44-10-15(11-44)43(5)6)25-22-16(7-35)29(41-31(45)47-32(2,3)4)49-27(22)19(33)8-36-25/h8,15H,9-13H2,1-6H3,(H,41,45)(H,37,39,40). The molecule has 1 aromatic carbocycles. The second kappa shape index (κ2) is 12.1. The molecule has 254 valence electrons. The zero-order valence-electron chi connectivity index (χ0n) is 27.6. The molecule has 6 heterocycles. The Morgan fingerprint density at radius 2 is 1.94 bits per heavy atom. The molecule has 5 aromatic rings. The summed E-state index contributed by atoms with van der Waals surface area (Å²) in [5, 5.41) is 20.6. The molecular formula is C32H32F2N10O4S. The highest BCUT2D eigenvalue weighted by molar-refractivity contribution is 7.23. The van der Waals surface area contributed by atoms with Gasteiger partial charge in [-0.25, -0.2) is 18.6 Å². The molecule has 0 aliphatic carbocycles. The fourth-order valence-corrected chi connectivity index (χ4v) is 6.95. The number of carbonyl (C=O) groups excluding carboxylic acids is 1. The maximum Gasteiger partial charge on any atom is 0.412 e. The molecule has 0 unspecified atom stereocenters. The predicted molar refractivity (Wildman–Crippen MR) is 177 cm³/mol. The Bertz CT molecular complexity index is 2180. The number of benzene rings is 1. The van der Waals surface area contributed by atoms with Crippen LogP contribution in [0.25, 0.3) is 32.2 Å². The summed E-state index contributed by atoms with van der Waals surface area (Å²) in [4.78, 5) is 34.9. The SMILES string of the molecule is Cc1nc(CNc2nc(N3CC(N(C)C)C3)nc3c(F)c(-c4ncc(F)c5sc(NC(=O)OC(C)(C)C)c(C#N)c45)c4c(c23)COC4)no1. The van der Waals surface area contributed by atoms with Crippen LogP contribution in [0, 0.1) is 29.9 Å². The number of carbonyl (C=O) groups is 1. The van der Waals surface area contributed by atoms with Crippen molar-refractivity contribution in [2.45, 2.75) is 59.1 Å². The molecule has 0 bridgehead atoms. The zero-order valence-corrected chi connectivity index (χ0v) is 28.4. The number of nitrogens with zero attached hydrogens (tertiary/aromatic N) is 8. The van der Waals surface area contributed by atoms with Gasteiger partial charge < -0.3 is 29.1 Å². The highest BCUT2D eigenvalue weighted by atomic mass is 32.1. The molecule has 2 N–H and O–H groups in total. The number of halogens is 2. The minimum absolute atomic E-state index is 0.00413. The van der Waals surface area contributed by atoms with Crippen LogP contribution >= 0.6 is 11.3 Å². The summed E-state index contributed by atoms with van der Waals surface area (Å²) in [5.74, 6) is 0.00383. The highest BCUT2D eigenvalue weighted by Gasteiger charge is 2.35. The first-order valence-electron chi connectivity index (χ1n) is 15.4. The number of pyridine rings is 1. The maximum atomic E-state index is 17.3. The third-order valence-corrected chi connectivity index (χ3v) is 9.39. The number of fused-ring (bicyclic) bond motifs is 4. The highest BCUT2D eigenvalue weighted by Crippen LogP contribution is 2.47. The van der Waals surface area contributed by atoms with Gasteiger partial charge in [0.1, 0.15) is 28.0 Å². The first-order chi connectivity index (χ1) is 23.3. The van der Waals surface area contributed by atoms with Gasteiger partial charge in [0, 0.05) is 37.0 Å². The first-order valence-corrected chi connectivity index (χ1v) is 16.2. The third kappa shape index (κ3) is 5.85. The Morgan fingerprint density at radius 1 is 1.18 bits per heavy atom. The number of amides is 1. The van der Waals surface area contributed by atoms with Crippen molar-refractivity contribution in [2.75, 3.05) is 42.7 Å². The molecule has 2 aliphatic heterocycles. The fraction of sp³-hybridized carbons (Fsp3) is 0.406. The Morgan fingerprint density at radius 3 is 2.61 bits per heavy atom. The molecule has 1 fully saturated rings. The van der Waals surface area contributed by atoms with E-state index in [4.69, 9.17) is 24.0 Å². The van der Waals surface area contributed by atoms with E-state index in [1.54, 1.807) is 27.7 Å². The van der Waals surface area contributed by atoms with Crippen LogP contribution in [-0.2, 0) is 29.2 Å². The van der Waals surface area contributed by atoms with Crippen molar-refractivity contribution in [1.82, 2.24) is 30.0 Å². The summed E-state index contributed by atoms with van der Waals surface area (Å²) >= 11 is 0.840. The van der Waals surface area contributed by atoms with Crippen LogP contribution in [0.15, 0.2) is 10.7 Å². The monoisotopic (exact) mass is 690 g/mol. The molecule has 49 heavy (non-hydrogen) atoms. The maximum absolute atomic E-state index is 17.3. The minimum atomic E-state index is -0.820. The number of nitriles is 1. The van der Waals surface area contributed by atoms with E-state index in [0.717, 1.165) is 17.5 Å². The summed E-state index contributed by atoms with van der Waals surface area (Å²) in [5.41, 5.74) is 0.260. The summed E-state index contributed by atoms with van der Waals surface area (Å²) < 4.78 is 48.9. The molecule has 7 rings (SSSR count). The number of thiophene rings is 1. The largest absolute Gasteiger partial charge is 0.444 e. The molecule has 0 atom stereocenters. The molecule has 4 aromatic heterocycles. The van der Waals surface area contributed by atoms with Crippen molar-refractivity contribution in [2.24, 2.45) is 0 Å². The van der Waals surface area contributed by atoms with Crippen molar-refractivity contribution >= 4 is 55.2 Å². The summed E-state index contributed by atoms with van der Waals surface area (Å²) in [6, 6.07) is 2.33. The van der Waals surface area contributed by atoms with Crippen LogP contribution < -0.4 is 15.5 Å². The topological polar surface area (TPSA) is 167 Å². The van der Waals surface area contributed by atoms with E-state index in [0.29, 0.717) is 53.1 Å². The zero-order chi connectivity index (χ0) is 34.8. The van der Waals surface area contributed by atoms with E-state index in [1.165, 1.54) is 0 Å². The van der Waals surface area contributed by atoms with Gasteiger partial charge in [-0.15, -0.1) is 11.3 Å². The number of aromatic nitrogens is 5. The lowest BCUT2D eigenvalue weighted by Gasteiger charge is -2.42. The molecule has 0 spiro atoms. The van der Waals surface area contributed by atoms with Crippen molar-refractivity contribution in [3.63, 3.8) is 0 Å². The molecule has 1 saturated heterocycles. The number of nitrogens with one attached hydrogen (secondary N) is 2. The van der Waals surface area contributed by atoms with E-state index in [-0.39, 0.29) is 63.2 Å². The molecule has 1 amide bonds. The lowest BCUT2D eigenvalue weighted by Crippen LogP contribution is -2.58. The Balaban J connectivity index is 1.42. The van der Waals surface area contributed by atoms with Crippen molar-refractivity contribution in [3.05, 3.63) is 46.2 Å². The van der Waals surface area contributed by atoms with Gasteiger partial charge in [0.05, 0.1) is 47.3 Å². The van der Waals surface area contributed by atoms with Crippen LogP contribution in [0.5, 0.6) is 0 Å². The Labute approximate surface area is 283 Å². The van der Waals surface area contributed by atoms with Gasteiger partial charge in [0.25, 0.3) is 0 Å². The second-order valence-corrected chi connectivity index (χ2v) is 14.1. The second-order valence-electron chi connectivity index (χ2n) is 13.0. The molecular weight excluding hydrogens is 658 g/mol.